The number of aromatic nitrogens is 4. The van der Waals surface area contributed by atoms with Crippen LogP contribution in [0.2, 0.25) is 0 Å². The van der Waals surface area contributed by atoms with Crippen molar-refractivity contribution in [1.29, 1.82) is 0 Å². The van der Waals surface area contributed by atoms with E-state index in [0.717, 1.165) is 0 Å². The second-order valence-electron chi connectivity index (χ2n) is 4.40. The molecule has 2 N–H and O–H groups in total. The van der Waals surface area contributed by atoms with Gasteiger partial charge in [-0.15, -0.1) is 0 Å². The molecule has 4 rings (SSSR count). The number of nitrogens with zero attached hydrogens (tertiary/aromatic N) is 4. The molecule has 0 fully saturated rings. The Bertz CT molecular complexity index is 846. The van der Waals surface area contributed by atoms with Crippen molar-refractivity contribution in [2.75, 3.05) is 0 Å². The van der Waals surface area contributed by atoms with Gasteiger partial charge in [0.25, 0.3) is 0 Å². The first-order valence-electron chi connectivity index (χ1n) is 6.53. The third-order valence-corrected chi connectivity index (χ3v) is 2.95. The van der Waals surface area contributed by atoms with E-state index in [1.807, 2.05) is 12.1 Å². The van der Waals surface area contributed by atoms with Crippen LogP contribution in [0.3, 0.4) is 0 Å². The van der Waals surface area contributed by atoms with Gasteiger partial charge in [-0.05, 0) is 24.3 Å². The van der Waals surface area contributed by atoms with Crippen molar-refractivity contribution >= 4 is 41.9 Å². The Hall–Kier alpha value is -2.64. The van der Waals surface area contributed by atoms with Crippen LogP contribution in [0, 0.1) is 0 Å². The fourth-order valence-corrected chi connectivity index (χ4v) is 1.95. The molecule has 6 nitrogen and oxygen atoms in total. The Kier molecular flexibility index (Phi) is 5.50. The first-order valence-corrected chi connectivity index (χ1v) is 6.53. The summed E-state index contributed by atoms with van der Waals surface area (Å²) in [6.45, 7) is 0. The third-order valence-electron chi connectivity index (χ3n) is 2.95. The number of para-hydroxylation sites is 2. The number of phenols is 2. The summed E-state index contributed by atoms with van der Waals surface area (Å²) in [5, 5.41) is 18.5. The van der Waals surface area contributed by atoms with Crippen LogP contribution in [0.5, 0.6) is 11.5 Å². The topological polar surface area (TPSA) is 92.0 Å². The van der Waals surface area contributed by atoms with Gasteiger partial charge >= 0.3 is 19.8 Å². The van der Waals surface area contributed by atoms with E-state index >= 15 is 0 Å². The molecule has 0 spiro atoms. The van der Waals surface area contributed by atoms with Gasteiger partial charge in [0.1, 0.15) is 22.5 Å². The zero-order chi connectivity index (χ0) is 15.4. The van der Waals surface area contributed by atoms with E-state index in [0.29, 0.717) is 22.1 Å². The van der Waals surface area contributed by atoms with E-state index in [2.05, 4.69) is 19.9 Å². The van der Waals surface area contributed by atoms with Crippen LogP contribution in [-0.2, 0) is 0 Å². The maximum atomic E-state index is 9.27. The van der Waals surface area contributed by atoms with Gasteiger partial charge in [-0.3, -0.25) is 9.97 Å². The zero-order valence-electron chi connectivity index (χ0n) is 11.5. The minimum atomic E-state index is 0. The molecule has 114 valence electrons. The second kappa shape index (κ2) is 7.57. The molecule has 23 heavy (non-hydrogen) atoms. The van der Waals surface area contributed by atoms with Gasteiger partial charge in [0, 0.05) is 24.8 Å². The molecule has 0 aliphatic carbocycles. The summed E-state index contributed by atoms with van der Waals surface area (Å²) in [5.41, 5.74) is 2.53. The summed E-state index contributed by atoms with van der Waals surface area (Å²) >= 11 is 0. The van der Waals surface area contributed by atoms with Crippen molar-refractivity contribution in [3.05, 3.63) is 61.2 Å². The van der Waals surface area contributed by atoms with Crippen LogP contribution in [-0.4, -0.2) is 49.9 Å². The predicted molar refractivity (Wildman–Crippen MR) is 92.3 cm³/mol. The number of rotatable bonds is 0. The molecule has 2 aromatic heterocycles. The average Bonchev–Trinajstić information content (AvgIpc) is 2.57. The van der Waals surface area contributed by atoms with E-state index in [4.69, 9.17) is 0 Å². The monoisotopic (exact) mass is 364 g/mol. The van der Waals surface area contributed by atoms with Crippen molar-refractivity contribution < 1.29 is 10.2 Å². The molecule has 0 atom stereocenters. The van der Waals surface area contributed by atoms with Crippen LogP contribution in [0.25, 0.3) is 22.1 Å². The molecule has 0 radical (unpaired) electrons. The molecular formula is C16H15GaN4O2. The molecule has 0 aliphatic heterocycles. The van der Waals surface area contributed by atoms with Crippen molar-refractivity contribution in [3.8, 4) is 11.5 Å². The second-order valence-corrected chi connectivity index (χ2v) is 4.40. The van der Waals surface area contributed by atoms with Crippen molar-refractivity contribution in [1.82, 2.24) is 19.9 Å². The summed E-state index contributed by atoms with van der Waals surface area (Å²) in [7, 11) is 0. The average molecular weight is 365 g/mol. The van der Waals surface area contributed by atoms with Gasteiger partial charge < -0.3 is 10.2 Å². The van der Waals surface area contributed by atoms with E-state index in [9.17, 15) is 10.2 Å². The summed E-state index contributed by atoms with van der Waals surface area (Å²) in [6.07, 6.45) is 6.31. The van der Waals surface area contributed by atoms with E-state index < -0.39 is 0 Å². The van der Waals surface area contributed by atoms with Crippen molar-refractivity contribution in [3.63, 3.8) is 0 Å². The number of aromatic hydroxyl groups is 2. The SMILES string of the molecule is Oc1cccc2nccnc12.Oc1cccc2nccnc12.[GaH3]. The summed E-state index contributed by atoms with van der Waals surface area (Å²) in [4.78, 5) is 16.0. The summed E-state index contributed by atoms with van der Waals surface area (Å²) < 4.78 is 0. The fourth-order valence-electron chi connectivity index (χ4n) is 1.95. The molecule has 0 saturated heterocycles. The van der Waals surface area contributed by atoms with Gasteiger partial charge in [0.15, 0.2) is 0 Å². The van der Waals surface area contributed by atoms with Gasteiger partial charge in [-0.25, -0.2) is 9.97 Å². The first-order chi connectivity index (χ1) is 10.8. The fraction of sp³-hybridized carbons (Fsp3) is 0. The molecule has 4 aromatic rings. The van der Waals surface area contributed by atoms with Crippen LogP contribution >= 0.6 is 0 Å². The minimum absolute atomic E-state index is 0. The summed E-state index contributed by atoms with van der Waals surface area (Å²) in [6, 6.07) is 10.3. The predicted octanol–water partition coefficient (Wildman–Crippen LogP) is 1.49. The van der Waals surface area contributed by atoms with Gasteiger partial charge in [-0.2, -0.15) is 0 Å². The molecule has 0 saturated carbocycles. The Morgan fingerprint density at radius 3 is 1.35 bits per heavy atom. The standard InChI is InChI=1S/2C8H6N2O.Ga.3H/c2*11-7-3-1-2-6-8(7)10-5-4-9-6;;;;/h2*1-5,11H;;;;. The molecule has 0 aliphatic rings. The Balaban J connectivity index is 0.000000160. The maximum absolute atomic E-state index is 9.27. The summed E-state index contributed by atoms with van der Waals surface area (Å²) in [5.74, 6) is 0.353. The molecule has 0 amide bonds. The van der Waals surface area contributed by atoms with Crippen LogP contribution in [0.15, 0.2) is 61.2 Å². The van der Waals surface area contributed by atoms with E-state index in [-0.39, 0.29) is 31.3 Å². The van der Waals surface area contributed by atoms with Crippen LogP contribution in [0.4, 0.5) is 0 Å². The zero-order valence-corrected chi connectivity index (χ0v) is 11.5. The molecule has 7 heteroatoms. The Morgan fingerprint density at radius 2 is 0.957 bits per heavy atom. The Labute approximate surface area is 145 Å². The number of hydrogen-bond acceptors (Lipinski definition) is 6. The van der Waals surface area contributed by atoms with Gasteiger partial charge in [0.05, 0.1) is 11.0 Å². The van der Waals surface area contributed by atoms with Crippen LogP contribution in [0.1, 0.15) is 0 Å². The first kappa shape index (κ1) is 16.7. The van der Waals surface area contributed by atoms with Crippen LogP contribution < -0.4 is 0 Å². The quantitative estimate of drug-likeness (QED) is 0.459. The van der Waals surface area contributed by atoms with Crippen molar-refractivity contribution in [2.45, 2.75) is 0 Å². The normalized spacial score (nSPS) is 9.74. The van der Waals surface area contributed by atoms with Gasteiger partial charge in [-0.1, -0.05) is 12.1 Å². The number of phenolic OH excluding ortho intramolecular Hbond substituents is 2. The molecular weight excluding hydrogens is 350 g/mol. The molecule has 0 bridgehead atoms. The molecule has 2 heterocycles. The number of benzene rings is 2. The van der Waals surface area contributed by atoms with Gasteiger partial charge in [0.2, 0.25) is 0 Å². The molecule has 0 unspecified atom stereocenters. The molecule has 2 aromatic carbocycles. The van der Waals surface area contributed by atoms with E-state index in [1.165, 1.54) is 0 Å². The number of hydrogen-bond donors (Lipinski definition) is 2. The van der Waals surface area contributed by atoms with Crippen molar-refractivity contribution in [2.24, 2.45) is 0 Å². The third kappa shape index (κ3) is 3.76. The number of fused-ring (bicyclic) bond motifs is 2. The Morgan fingerprint density at radius 1 is 0.565 bits per heavy atom. The van der Waals surface area contributed by atoms with E-state index in [1.54, 1.807) is 49.1 Å².